The van der Waals surface area contributed by atoms with Crippen LogP contribution in [0.4, 0.5) is 0 Å². The Kier molecular flexibility index (Phi) is 4.22. The number of hydrogen-bond donors (Lipinski definition) is 3. The third-order valence-electron chi connectivity index (χ3n) is 3.08. The van der Waals surface area contributed by atoms with E-state index in [1.807, 2.05) is 6.92 Å². The van der Waals surface area contributed by atoms with E-state index in [4.69, 9.17) is 0 Å². The van der Waals surface area contributed by atoms with Crippen molar-refractivity contribution in [2.75, 3.05) is 13.6 Å². The van der Waals surface area contributed by atoms with Crippen LogP contribution < -0.4 is 15.6 Å². The van der Waals surface area contributed by atoms with E-state index in [0.29, 0.717) is 17.4 Å². The van der Waals surface area contributed by atoms with Crippen molar-refractivity contribution in [3.8, 4) is 0 Å². The van der Waals surface area contributed by atoms with Gasteiger partial charge >= 0.3 is 0 Å². The Morgan fingerprint density at radius 2 is 2.00 bits per heavy atom. The Bertz CT molecular complexity index is 768. The maximum atomic E-state index is 12.2. The summed E-state index contributed by atoms with van der Waals surface area (Å²) >= 11 is 0. The number of fused-ring (bicyclic) bond motifs is 1. The largest absolute Gasteiger partial charge is 0.322 e. The molecule has 0 radical (unpaired) electrons. The Morgan fingerprint density at radius 3 is 2.70 bits per heavy atom. The van der Waals surface area contributed by atoms with Crippen LogP contribution in [0.1, 0.15) is 6.92 Å². The van der Waals surface area contributed by atoms with Crippen LogP contribution in [0.2, 0.25) is 0 Å². The van der Waals surface area contributed by atoms with Crippen molar-refractivity contribution < 1.29 is 8.42 Å². The molecule has 1 atom stereocenters. The summed E-state index contributed by atoms with van der Waals surface area (Å²) in [6.07, 6.45) is 0. The molecule has 1 unspecified atom stereocenters. The molecule has 3 N–H and O–H groups in total. The minimum Gasteiger partial charge on any atom is -0.322 e. The summed E-state index contributed by atoms with van der Waals surface area (Å²) in [5.41, 5.74) is 0.397. The number of H-pyrrole nitrogens is 1. The molecule has 0 fully saturated rings. The number of hydrogen-bond acceptors (Lipinski definition) is 4. The Labute approximate surface area is 117 Å². The molecule has 0 saturated carbocycles. The minimum absolute atomic E-state index is 0.0431. The standard InChI is InChI=1S/C13H17N3O3S/c1-9(14-2)8-15-20(18,19)11-4-5-12-10(7-11)3-6-13(17)16-12/h3-7,9,14-15H,8H2,1-2H3,(H,16,17). The summed E-state index contributed by atoms with van der Waals surface area (Å²) in [5, 5.41) is 3.63. The minimum atomic E-state index is -3.55. The molecule has 0 amide bonds. The van der Waals surface area contributed by atoms with Crippen LogP contribution in [0, 0.1) is 0 Å². The molecule has 1 aromatic carbocycles. The van der Waals surface area contributed by atoms with E-state index in [2.05, 4.69) is 15.0 Å². The fourth-order valence-corrected chi connectivity index (χ4v) is 2.89. The molecule has 0 aliphatic rings. The maximum Gasteiger partial charge on any atom is 0.248 e. The van der Waals surface area contributed by atoms with Crippen LogP contribution in [-0.4, -0.2) is 33.0 Å². The summed E-state index contributed by atoms with van der Waals surface area (Å²) in [7, 11) is -1.78. The van der Waals surface area contributed by atoms with Gasteiger partial charge < -0.3 is 10.3 Å². The van der Waals surface area contributed by atoms with Crippen LogP contribution in [-0.2, 0) is 10.0 Å². The highest BCUT2D eigenvalue weighted by molar-refractivity contribution is 7.89. The van der Waals surface area contributed by atoms with Crippen molar-refractivity contribution in [1.29, 1.82) is 0 Å². The number of aromatic amines is 1. The van der Waals surface area contributed by atoms with Gasteiger partial charge in [0.2, 0.25) is 15.6 Å². The summed E-state index contributed by atoms with van der Waals surface area (Å²) in [6, 6.07) is 7.62. The van der Waals surface area contributed by atoms with Crippen molar-refractivity contribution in [2.24, 2.45) is 0 Å². The molecule has 1 aromatic heterocycles. The highest BCUT2D eigenvalue weighted by Gasteiger charge is 2.15. The van der Waals surface area contributed by atoms with E-state index in [-0.39, 0.29) is 16.5 Å². The molecule has 2 aromatic rings. The molecule has 1 heterocycles. The first kappa shape index (κ1) is 14.7. The fourth-order valence-electron chi connectivity index (χ4n) is 1.72. The van der Waals surface area contributed by atoms with E-state index < -0.39 is 10.0 Å². The predicted molar refractivity (Wildman–Crippen MR) is 78.3 cm³/mol. The van der Waals surface area contributed by atoms with E-state index in [1.54, 1.807) is 19.2 Å². The van der Waals surface area contributed by atoms with Gasteiger partial charge in [-0.25, -0.2) is 13.1 Å². The van der Waals surface area contributed by atoms with E-state index in [1.165, 1.54) is 18.2 Å². The Hall–Kier alpha value is -1.70. The second kappa shape index (κ2) is 5.74. The second-order valence-electron chi connectivity index (χ2n) is 4.61. The normalized spacial score (nSPS) is 13.5. The number of benzene rings is 1. The predicted octanol–water partition coefficient (Wildman–Crippen LogP) is 0.414. The summed E-state index contributed by atoms with van der Waals surface area (Å²) in [5.74, 6) is 0. The van der Waals surface area contributed by atoms with E-state index in [9.17, 15) is 13.2 Å². The van der Waals surface area contributed by atoms with Crippen molar-refractivity contribution in [2.45, 2.75) is 17.9 Å². The van der Waals surface area contributed by atoms with Crippen molar-refractivity contribution >= 4 is 20.9 Å². The molecule has 2 rings (SSSR count). The molecule has 0 aliphatic heterocycles. The van der Waals surface area contributed by atoms with Crippen molar-refractivity contribution in [3.05, 3.63) is 40.7 Å². The molecule has 0 bridgehead atoms. The first-order valence-electron chi connectivity index (χ1n) is 6.22. The van der Waals surface area contributed by atoms with E-state index in [0.717, 1.165) is 0 Å². The zero-order valence-electron chi connectivity index (χ0n) is 11.3. The smallest absolute Gasteiger partial charge is 0.248 e. The molecule has 7 heteroatoms. The fraction of sp³-hybridized carbons (Fsp3) is 0.308. The lowest BCUT2D eigenvalue weighted by Crippen LogP contribution is -2.37. The first-order valence-corrected chi connectivity index (χ1v) is 7.71. The van der Waals surface area contributed by atoms with Gasteiger partial charge in [0.05, 0.1) is 4.90 Å². The Balaban J connectivity index is 2.32. The zero-order chi connectivity index (χ0) is 14.8. The highest BCUT2D eigenvalue weighted by atomic mass is 32.2. The summed E-state index contributed by atoms with van der Waals surface area (Å²) in [6.45, 7) is 2.19. The average molecular weight is 295 g/mol. The number of sulfonamides is 1. The molecule has 108 valence electrons. The SMILES string of the molecule is CNC(C)CNS(=O)(=O)c1ccc2[nH]c(=O)ccc2c1. The maximum absolute atomic E-state index is 12.2. The summed E-state index contributed by atoms with van der Waals surface area (Å²) in [4.78, 5) is 14.0. The third-order valence-corrected chi connectivity index (χ3v) is 4.50. The summed E-state index contributed by atoms with van der Waals surface area (Å²) < 4.78 is 26.8. The van der Waals surface area contributed by atoms with Crippen molar-refractivity contribution in [1.82, 2.24) is 15.0 Å². The molecule has 0 saturated heterocycles. The number of pyridine rings is 1. The lowest BCUT2D eigenvalue weighted by molar-refractivity contribution is 0.554. The van der Waals surface area contributed by atoms with Gasteiger partial charge in [0.15, 0.2) is 0 Å². The van der Waals surface area contributed by atoms with Gasteiger partial charge in [-0.3, -0.25) is 4.79 Å². The van der Waals surface area contributed by atoms with Crippen LogP contribution in [0.5, 0.6) is 0 Å². The first-order chi connectivity index (χ1) is 9.42. The van der Waals surface area contributed by atoms with Gasteiger partial charge in [0.25, 0.3) is 0 Å². The average Bonchev–Trinajstić information content (AvgIpc) is 2.44. The van der Waals surface area contributed by atoms with Crippen LogP contribution in [0.25, 0.3) is 10.9 Å². The molecular weight excluding hydrogens is 278 g/mol. The molecule has 0 spiro atoms. The Morgan fingerprint density at radius 1 is 1.25 bits per heavy atom. The zero-order valence-corrected chi connectivity index (χ0v) is 12.1. The number of rotatable bonds is 5. The van der Waals surface area contributed by atoms with Gasteiger partial charge in [-0.05, 0) is 43.6 Å². The van der Waals surface area contributed by atoms with Gasteiger partial charge in [-0.15, -0.1) is 0 Å². The lowest BCUT2D eigenvalue weighted by Gasteiger charge is -2.12. The van der Waals surface area contributed by atoms with Gasteiger partial charge in [-0.2, -0.15) is 0 Å². The van der Waals surface area contributed by atoms with Crippen molar-refractivity contribution in [3.63, 3.8) is 0 Å². The van der Waals surface area contributed by atoms with Gasteiger partial charge in [0.1, 0.15) is 0 Å². The van der Waals surface area contributed by atoms with Gasteiger partial charge in [0, 0.05) is 24.2 Å². The van der Waals surface area contributed by atoms with Crippen LogP contribution in [0.3, 0.4) is 0 Å². The number of aromatic nitrogens is 1. The third kappa shape index (κ3) is 3.24. The highest BCUT2D eigenvalue weighted by Crippen LogP contribution is 2.16. The van der Waals surface area contributed by atoms with Crippen LogP contribution in [0.15, 0.2) is 40.0 Å². The molecule has 6 nitrogen and oxygen atoms in total. The molecule has 0 aliphatic carbocycles. The molecular formula is C13H17N3O3S. The monoisotopic (exact) mass is 295 g/mol. The quantitative estimate of drug-likeness (QED) is 0.745. The topological polar surface area (TPSA) is 91.1 Å². The number of likely N-dealkylation sites (N-methyl/N-ethyl adjacent to an activating group) is 1. The van der Waals surface area contributed by atoms with Crippen LogP contribution >= 0.6 is 0 Å². The second-order valence-corrected chi connectivity index (χ2v) is 6.38. The van der Waals surface area contributed by atoms with E-state index >= 15 is 0 Å². The molecule has 20 heavy (non-hydrogen) atoms. The van der Waals surface area contributed by atoms with Gasteiger partial charge in [-0.1, -0.05) is 0 Å². The number of nitrogens with one attached hydrogen (secondary N) is 3. The lowest BCUT2D eigenvalue weighted by atomic mass is 10.2.